The normalized spacial score (nSPS) is 21.1. The molecule has 4 nitrogen and oxygen atoms in total. The molecule has 1 N–H and O–H groups in total. The molecular formula is C15H17ClN2O2. The number of amides is 1. The lowest BCUT2D eigenvalue weighted by Crippen LogP contribution is -2.48. The molecule has 0 radical (unpaired) electrons. The maximum Gasteiger partial charge on any atom is 0.240 e. The van der Waals surface area contributed by atoms with Gasteiger partial charge in [0, 0.05) is 23.7 Å². The molecule has 20 heavy (non-hydrogen) atoms. The SMILES string of the molecule is CC1(C)C=C(N2CCNCC2=O)c2cc(Cl)ccc2O1. The first-order valence-corrected chi connectivity index (χ1v) is 7.07. The van der Waals surface area contributed by atoms with Gasteiger partial charge in [0.25, 0.3) is 0 Å². The molecule has 0 atom stereocenters. The van der Waals surface area contributed by atoms with Crippen molar-refractivity contribution < 1.29 is 9.53 Å². The number of nitrogens with one attached hydrogen (secondary N) is 1. The van der Waals surface area contributed by atoms with Crippen molar-refractivity contribution in [2.24, 2.45) is 0 Å². The quantitative estimate of drug-likeness (QED) is 0.863. The molecule has 2 aliphatic rings. The van der Waals surface area contributed by atoms with Gasteiger partial charge in [-0.25, -0.2) is 0 Å². The van der Waals surface area contributed by atoms with Crippen LogP contribution < -0.4 is 10.1 Å². The Morgan fingerprint density at radius 2 is 2.20 bits per heavy atom. The van der Waals surface area contributed by atoms with E-state index < -0.39 is 5.60 Å². The average Bonchev–Trinajstić information content (AvgIpc) is 2.38. The maximum absolute atomic E-state index is 12.1. The van der Waals surface area contributed by atoms with E-state index >= 15 is 0 Å². The molecule has 2 heterocycles. The Kier molecular flexibility index (Phi) is 3.22. The van der Waals surface area contributed by atoms with E-state index in [4.69, 9.17) is 16.3 Å². The molecule has 5 heteroatoms. The lowest BCUT2D eigenvalue weighted by atomic mass is 9.98. The van der Waals surface area contributed by atoms with Gasteiger partial charge in [0.1, 0.15) is 11.4 Å². The summed E-state index contributed by atoms with van der Waals surface area (Å²) in [6.07, 6.45) is 1.99. The minimum absolute atomic E-state index is 0.0751. The van der Waals surface area contributed by atoms with E-state index in [2.05, 4.69) is 5.32 Å². The van der Waals surface area contributed by atoms with Crippen molar-refractivity contribution >= 4 is 23.2 Å². The van der Waals surface area contributed by atoms with Crippen molar-refractivity contribution in [1.82, 2.24) is 10.2 Å². The summed E-state index contributed by atoms with van der Waals surface area (Å²) in [5.74, 6) is 0.842. The number of halogens is 1. The Hall–Kier alpha value is -1.52. The van der Waals surface area contributed by atoms with Crippen LogP contribution in [0.5, 0.6) is 5.75 Å². The van der Waals surface area contributed by atoms with Gasteiger partial charge in [-0.2, -0.15) is 0 Å². The number of nitrogens with zero attached hydrogens (tertiary/aromatic N) is 1. The summed E-state index contributed by atoms with van der Waals surface area (Å²) in [4.78, 5) is 14.0. The predicted molar refractivity (Wildman–Crippen MR) is 78.7 cm³/mol. The molecular weight excluding hydrogens is 276 g/mol. The zero-order valence-electron chi connectivity index (χ0n) is 11.6. The smallest absolute Gasteiger partial charge is 0.240 e. The highest BCUT2D eigenvalue weighted by Crippen LogP contribution is 2.39. The van der Waals surface area contributed by atoms with Crippen molar-refractivity contribution in [1.29, 1.82) is 0 Å². The zero-order chi connectivity index (χ0) is 14.3. The summed E-state index contributed by atoms with van der Waals surface area (Å²) in [5, 5.41) is 3.72. The van der Waals surface area contributed by atoms with Gasteiger partial charge in [0.15, 0.2) is 0 Å². The molecule has 0 aliphatic carbocycles. The monoisotopic (exact) mass is 292 g/mol. The number of fused-ring (bicyclic) bond motifs is 1. The second-order valence-electron chi connectivity index (χ2n) is 5.60. The van der Waals surface area contributed by atoms with Gasteiger partial charge in [-0.3, -0.25) is 4.79 Å². The van der Waals surface area contributed by atoms with Crippen LogP contribution >= 0.6 is 11.6 Å². The number of hydrogen-bond acceptors (Lipinski definition) is 3. The van der Waals surface area contributed by atoms with E-state index in [1.807, 2.05) is 37.0 Å². The van der Waals surface area contributed by atoms with Crippen LogP contribution in [0.25, 0.3) is 5.70 Å². The van der Waals surface area contributed by atoms with E-state index in [0.29, 0.717) is 18.1 Å². The summed E-state index contributed by atoms with van der Waals surface area (Å²) >= 11 is 6.09. The third-order valence-corrected chi connectivity index (χ3v) is 3.69. The number of ether oxygens (including phenoxy) is 1. The van der Waals surface area contributed by atoms with Gasteiger partial charge in [-0.15, -0.1) is 0 Å². The molecule has 2 aliphatic heterocycles. The topological polar surface area (TPSA) is 41.6 Å². The van der Waals surface area contributed by atoms with E-state index in [-0.39, 0.29) is 5.91 Å². The minimum Gasteiger partial charge on any atom is -0.483 e. The summed E-state index contributed by atoms with van der Waals surface area (Å²) in [6, 6.07) is 5.52. The van der Waals surface area contributed by atoms with Crippen molar-refractivity contribution in [3.8, 4) is 5.75 Å². The highest BCUT2D eigenvalue weighted by molar-refractivity contribution is 6.30. The molecule has 3 rings (SSSR count). The Bertz CT molecular complexity index is 596. The molecule has 1 fully saturated rings. The number of piperazine rings is 1. The first-order valence-electron chi connectivity index (χ1n) is 6.69. The highest BCUT2D eigenvalue weighted by atomic mass is 35.5. The van der Waals surface area contributed by atoms with E-state index in [9.17, 15) is 4.79 Å². The van der Waals surface area contributed by atoms with Gasteiger partial charge < -0.3 is 15.0 Å². The van der Waals surface area contributed by atoms with Crippen LogP contribution in [0, 0.1) is 0 Å². The highest BCUT2D eigenvalue weighted by Gasteiger charge is 2.32. The van der Waals surface area contributed by atoms with E-state index in [1.54, 1.807) is 6.07 Å². The molecule has 0 spiro atoms. The fourth-order valence-electron chi connectivity index (χ4n) is 2.60. The minimum atomic E-state index is -0.443. The summed E-state index contributed by atoms with van der Waals surface area (Å²) in [6.45, 7) is 5.79. The molecule has 1 saturated heterocycles. The Labute approximate surface area is 123 Å². The van der Waals surface area contributed by atoms with Gasteiger partial charge in [0.2, 0.25) is 5.91 Å². The molecule has 0 saturated carbocycles. The first kappa shape index (κ1) is 13.5. The summed E-state index contributed by atoms with van der Waals surface area (Å²) in [5.41, 5.74) is 1.33. The average molecular weight is 293 g/mol. The Balaban J connectivity index is 2.09. The zero-order valence-corrected chi connectivity index (χ0v) is 12.3. The fourth-order valence-corrected chi connectivity index (χ4v) is 2.77. The Morgan fingerprint density at radius 3 is 2.95 bits per heavy atom. The Morgan fingerprint density at radius 1 is 1.40 bits per heavy atom. The number of rotatable bonds is 1. The lowest BCUT2D eigenvalue weighted by molar-refractivity contribution is -0.128. The third-order valence-electron chi connectivity index (χ3n) is 3.46. The van der Waals surface area contributed by atoms with Crippen LogP contribution in [0.1, 0.15) is 19.4 Å². The molecule has 106 valence electrons. The molecule has 0 bridgehead atoms. The van der Waals surface area contributed by atoms with Crippen molar-refractivity contribution in [3.63, 3.8) is 0 Å². The molecule has 1 aromatic carbocycles. The van der Waals surface area contributed by atoms with E-state index in [0.717, 1.165) is 23.6 Å². The van der Waals surface area contributed by atoms with Crippen LogP contribution in [0.3, 0.4) is 0 Å². The number of benzene rings is 1. The number of hydrogen-bond donors (Lipinski definition) is 1. The van der Waals surface area contributed by atoms with Gasteiger partial charge in [0.05, 0.1) is 12.2 Å². The van der Waals surface area contributed by atoms with Crippen LogP contribution in [0.4, 0.5) is 0 Å². The first-order chi connectivity index (χ1) is 9.46. The third kappa shape index (κ3) is 2.41. The summed E-state index contributed by atoms with van der Waals surface area (Å²) in [7, 11) is 0. The lowest BCUT2D eigenvalue weighted by Gasteiger charge is -2.37. The predicted octanol–water partition coefficient (Wildman–Crippen LogP) is 2.28. The van der Waals surface area contributed by atoms with Crippen molar-refractivity contribution in [2.75, 3.05) is 19.6 Å². The van der Waals surface area contributed by atoms with Gasteiger partial charge >= 0.3 is 0 Å². The second-order valence-corrected chi connectivity index (χ2v) is 6.03. The number of carbonyl (C=O) groups excluding carboxylic acids is 1. The maximum atomic E-state index is 12.1. The van der Waals surface area contributed by atoms with Crippen LogP contribution in [0.2, 0.25) is 5.02 Å². The van der Waals surface area contributed by atoms with Gasteiger partial charge in [-0.1, -0.05) is 11.6 Å². The molecule has 1 aromatic rings. The fraction of sp³-hybridized carbons (Fsp3) is 0.400. The largest absolute Gasteiger partial charge is 0.483 e. The molecule has 1 amide bonds. The summed E-state index contributed by atoms with van der Waals surface area (Å²) < 4.78 is 5.94. The van der Waals surface area contributed by atoms with Crippen molar-refractivity contribution in [2.45, 2.75) is 19.4 Å². The van der Waals surface area contributed by atoms with Crippen LogP contribution in [-0.2, 0) is 4.79 Å². The number of carbonyl (C=O) groups is 1. The van der Waals surface area contributed by atoms with E-state index in [1.165, 1.54) is 0 Å². The molecule has 0 aromatic heterocycles. The second kappa shape index (κ2) is 4.79. The van der Waals surface area contributed by atoms with Gasteiger partial charge in [-0.05, 0) is 38.1 Å². The molecule has 0 unspecified atom stereocenters. The van der Waals surface area contributed by atoms with Crippen LogP contribution in [-0.4, -0.2) is 36.0 Å². The standard InChI is InChI=1S/C15H17ClN2O2/c1-15(2)8-12(18-6-5-17-9-14(18)19)11-7-10(16)3-4-13(11)20-15/h3-4,7-8,17H,5-6,9H2,1-2H3. The van der Waals surface area contributed by atoms with Crippen LogP contribution in [0.15, 0.2) is 24.3 Å². The van der Waals surface area contributed by atoms with Crippen molar-refractivity contribution in [3.05, 3.63) is 34.9 Å².